The van der Waals surface area contributed by atoms with Gasteiger partial charge in [-0.1, -0.05) is 0 Å². The van der Waals surface area contributed by atoms with E-state index in [1.165, 1.54) is 0 Å². The van der Waals surface area contributed by atoms with Crippen LogP contribution in [0.25, 0.3) is 0 Å². The molecule has 0 spiro atoms. The second kappa shape index (κ2) is 5.76. The van der Waals surface area contributed by atoms with E-state index in [-0.39, 0.29) is 17.8 Å². The van der Waals surface area contributed by atoms with Crippen molar-refractivity contribution in [3.63, 3.8) is 0 Å². The van der Waals surface area contributed by atoms with Gasteiger partial charge < -0.3 is 21.4 Å². The van der Waals surface area contributed by atoms with Gasteiger partial charge in [-0.25, -0.2) is 0 Å². The Balaban J connectivity index is 0.000000304. The van der Waals surface area contributed by atoms with Crippen LogP contribution in [0.15, 0.2) is 0 Å². The van der Waals surface area contributed by atoms with Crippen LogP contribution in [0.5, 0.6) is 0 Å². The second-order valence-corrected chi connectivity index (χ2v) is 3.43. The first kappa shape index (κ1) is 14.8. The number of aromatic nitrogens is 3. The van der Waals surface area contributed by atoms with E-state index in [1.807, 2.05) is 0 Å². The Bertz CT molecular complexity index is 451. The molecule has 0 saturated heterocycles. The molecule has 0 fully saturated rings. The van der Waals surface area contributed by atoms with Gasteiger partial charge in [0.15, 0.2) is 0 Å². The van der Waals surface area contributed by atoms with Crippen LogP contribution in [0, 0.1) is 0 Å². The highest BCUT2D eigenvalue weighted by atomic mass is 32.3. The first-order valence-electron chi connectivity index (χ1n) is 3.80. The molecule has 0 aliphatic rings. The topological polar surface area (TPSA) is 197 Å². The van der Waals surface area contributed by atoms with Gasteiger partial charge in [-0.15, -0.1) is 0 Å². The number of carbonyl (C=O) groups is 1. The predicted octanol–water partition coefficient (Wildman–Crippen LogP) is -2.03. The highest BCUT2D eigenvalue weighted by Crippen LogP contribution is 1.97. The number of nitrogen functional groups attached to an aromatic ring is 3. The molecule has 96 valence electrons. The maximum absolute atomic E-state index is 9.70. The number of nitrogens with two attached hydrogens (primary N) is 3. The summed E-state index contributed by atoms with van der Waals surface area (Å²) in [6.07, 6.45) is 0. The summed E-state index contributed by atoms with van der Waals surface area (Å²) in [6.45, 7) is 0.869. The molecule has 0 saturated carbocycles. The number of carbonyl (C=O) groups excluding carboxylic acids is 1. The van der Waals surface area contributed by atoms with Crippen LogP contribution in [-0.2, 0) is 19.4 Å². The van der Waals surface area contributed by atoms with Gasteiger partial charge in [-0.3, -0.25) is 9.35 Å². The number of anilines is 3. The summed E-state index contributed by atoms with van der Waals surface area (Å²) in [5.41, 5.74) is 15.4. The number of hydrogen-bond donors (Lipinski definition) is 4. The Morgan fingerprint density at radius 3 is 1.53 bits per heavy atom. The monoisotopic (exact) mass is 266 g/mol. The van der Waals surface area contributed by atoms with Crippen molar-refractivity contribution < 1.29 is 21.9 Å². The van der Waals surface area contributed by atoms with E-state index >= 15 is 0 Å². The van der Waals surface area contributed by atoms with E-state index < -0.39 is 16.4 Å². The van der Waals surface area contributed by atoms with Crippen molar-refractivity contribution in [3.8, 4) is 0 Å². The third-order valence-electron chi connectivity index (χ3n) is 0.910. The van der Waals surface area contributed by atoms with Crippen molar-refractivity contribution in [2.45, 2.75) is 6.92 Å². The van der Waals surface area contributed by atoms with Crippen LogP contribution in [0.3, 0.4) is 0 Å². The van der Waals surface area contributed by atoms with Crippen molar-refractivity contribution in [3.05, 3.63) is 0 Å². The number of hydrogen-bond acceptors (Lipinski definition) is 10. The predicted molar refractivity (Wildman–Crippen MR) is 56.4 cm³/mol. The van der Waals surface area contributed by atoms with Crippen LogP contribution in [0.4, 0.5) is 17.8 Å². The van der Waals surface area contributed by atoms with Crippen LogP contribution in [0.2, 0.25) is 0 Å². The summed E-state index contributed by atoms with van der Waals surface area (Å²) in [6, 6.07) is 0. The summed E-state index contributed by atoms with van der Waals surface area (Å²) in [5.74, 6) is -0.937. The molecular weight excluding hydrogens is 256 g/mol. The molecule has 0 atom stereocenters. The van der Waals surface area contributed by atoms with Gasteiger partial charge >= 0.3 is 16.4 Å². The molecule has 1 heterocycles. The van der Waals surface area contributed by atoms with Gasteiger partial charge in [0.2, 0.25) is 17.8 Å². The van der Waals surface area contributed by atoms with Gasteiger partial charge in [0.1, 0.15) is 0 Å². The third kappa shape index (κ3) is 8.76. The van der Waals surface area contributed by atoms with Crippen LogP contribution < -0.4 is 17.2 Å². The Morgan fingerprint density at radius 1 is 1.12 bits per heavy atom. The molecule has 0 radical (unpaired) electrons. The van der Waals surface area contributed by atoms with E-state index in [4.69, 9.17) is 21.8 Å². The molecule has 0 bridgehead atoms. The molecule has 0 aromatic carbocycles. The normalized spacial score (nSPS) is 10.0. The second-order valence-electron chi connectivity index (χ2n) is 2.41. The SMILES string of the molecule is CC(=O)OS(=O)(=O)O.Nc1nc(N)nc(N)n1. The highest BCUT2D eigenvalue weighted by molar-refractivity contribution is 7.81. The first-order chi connectivity index (χ1) is 7.60. The Labute approximate surface area is 96.0 Å². The fourth-order valence-corrected chi connectivity index (χ4v) is 0.872. The van der Waals surface area contributed by atoms with Gasteiger partial charge in [0, 0.05) is 6.92 Å². The molecule has 0 aliphatic heterocycles. The third-order valence-corrected chi connectivity index (χ3v) is 1.36. The summed E-state index contributed by atoms with van der Waals surface area (Å²) in [4.78, 5) is 20.2. The van der Waals surface area contributed by atoms with E-state index in [0.29, 0.717) is 0 Å². The van der Waals surface area contributed by atoms with Gasteiger partial charge in [-0.2, -0.15) is 23.4 Å². The fraction of sp³-hybridized carbons (Fsp3) is 0.200. The van der Waals surface area contributed by atoms with Crippen LogP contribution in [-0.4, -0.2) is 33.9 Å². The minimum atomic E-state index is -4.57. The lowest BCUT2D eigenvalue weighted by atomic mass is 10.9. The first-order valence-corrected chi connectivity index (χ1v) is 5.16. The summed E-state index contributed by atoms with van der Waals surface area (Å²) >= 11 is 0. The van der Waals surface area contributed by atoms with Crippen LogP contribution in [0.1, 0.15) is 6.92 Å². The van der Waals surface area contributed by atoms with Crippen molar-refractivity contribution >= 4 is 34.2 Å². The Kier molecular flexibility index (Phi) is 5.01. The maximum atomic E-state index is 9.70. The summed E-state index contributed by atoms with van der Waals surface area (Å²) in [7, 11) is -4.57. The smallest absolute Gasteiger partial charge is 0.368 e. The molecule has 11 nitrogen and oxygen atoms in total. The van der Waals surface area contributed by atoms with Crippen LogP contribution >= 0.6 is 0 Å². The van der Waals surface area contributed by atoms with E-state index in [0.717, 1.165) is 6.92 Å². The highest BCUT2D eigenvalue weighted by Gasteiger charge is 2.06. The van der Waals surface area contributed by atoms with Gasteiger partial charge in [0.25, 0.3) is 0 Å². The average Bonchev–Trinajstić information content (AvgIpc) is 1.95. The van der Waals surface area contributed by atoms with Crippen molar-refractivity contribution in [1.82, 2.24) is 15.0 Å². The maximum Gasteiger partial charge on any atom is 0.448 e. The number of rotatable bonds is 1. The van der Waals surface area contributed by atoms with Crippen molar-refractivity contribution in [2.24, 2.45) is 0 Å². The average molecular weight is 266 g/mol. The van der Waals surface area contributed by atoms with Gasteiger partial charge in [-0.05, 0) is 0 Å². The standard InChI is InChI=1S/C3H6N6.C2H4O5S/c4-1-7-2(5)9-3(6)8-1;1-2(3)7-8(4,5)6/h(H6,4,5,6,7,8,9);1H3,(H,4,5,6). The minimum Gasteiger partial charge on any atom is -0.368 e. The molecule has 1 rings (SSSR count). The lowest BCUT2D eigenvalue weighted by molar-refractivity contribution is -0.131. The zero-order valence-corrected chi connectivity index (χ0v) is 9.38. The molecule has 1 aromatic rings. The quantitative estimate of drug-likeness (QED) is 0.408. The van der Waals surface area contributed by atoms with E-state index in [1.54, 1.807) is 0 Å². The lowest BCUT2D eigenvalue weighted by Gasteiger charge is -1.93. The fourth-order valence-electron chi connectivity index (χ4n) is 0.575. The Hall–Kier alpha value is -2.21. The van der Waals surface area contributed by atoms with E-state index in [2.05, 4.69) is 19.1 Å². The van der Waals surface area contributed by atoms with Gasteiger partial charge in [0.05, 0.1) is 0 Å². The molecule has 0 aliphatic carbocycles. The lowest BCUT2D eigenvalue weighted by Crippen LogP contribution is -2.07. The molecule has 1 aromatic heterocycles. The molecule has 17 heavy (non-hydrogen) atoms. The molecule has 12 heteroatoms. The molecule has 7 N–H and O–H groups in total. The van der Waals surface area contributed by atoms with Crippen molar-refractivity contribution in [2.75, 3.05) is 17.2 Å². The summed E-state index contributed by atoms with van der Waals surface area (Å²) in [5, 5.41) is 0. The molecule has 0 amide bonds. The summed E-state index contributed by atoms with van der Waals surface area (Å²) < 4.78 is 30.2. The largest absolute Gasteiger partial charge is 0.448 e. The van der Waals surface area contributed by atoms with E-state index in [9.17, 15) is 13.2 Å². The number of nitrogens with zero attached hydrogens (tertiary/aromatic N) is 3. The Morgan fingerprint density at radius 2 is 1.41 bits per heavy atom. The molecular formula is C5H10N6O5S. The minimum absolute atomic E-state index is 0.0417. The van der Waals surface area contributed by atoms with Crippen molar-refractivity contribution in [1.29, 1.82) is 0 Å². The molecule has 0 unspecified atom stereocenters. The zero-order valence-electron chi connectivity index (χ0n) is 8.56. The zero-order chi connectivity index (χ0) is 13.6.